The average molecular weight is 282 g/mol. The molecule has 1 saturated carbocycles. The lowest BCUT2D eigenvalue weighted by Crippen LogP contribution is -2.23. The molecule has 0 spiro atoms. The number of aryl methyl sites for hydroxylation is 1. The van der Waals surface area contributed by atoms with Gasteiger partial charge in [0, 0.05) is 6.04 Å². The summed E-state index contributed by atoms with van der Waals surface area (Å²) >= 11 is 0. The van der Waals surface area contributed by atoms with E-state index >= 15 is 0 Å². The zero-order valence-corrected chi connectivity index (χ0v) is 12.1. The zero-order chi connectivity index (χ0) is 14.2. The Hall–Kier alpha value is -2.24. The van der Waals surface area contributed by atoms with Crippen LogP contribution < -0.4 is 5.32 Å². The number of nitrogens with zero attached hydrogens (tertiary/aromatic N) is 5. The SMILES string of the molecule is Cc1ccc2nc(NC3CCCCC3)c3nnnn3c2c1. The van der Waals surface area contributed by atoms with Crippen molar-refractivity contribution in [1.82, 2.24) is 25.0 Å². The molecule has 1 N–H and O–H groups in total. The van der Waals surface area contributed by atoms with Gasteiger partial charge in [0.25, 0.3) is 0 Å². The Kier molecular flexibility index (Phi) is 2.94. The highest BCUT2D eigenvalue weighted by Crippen LogP contribution is 2.24. The summed E-state index contributed by atoms with van der Waals surface area (Å²) in [5, 5.41) is 15.6. The van der Waals surface area contributed by atoms with E-state index in [0.29, 0.717) is 11.7 Å². The van der Waals surface area contributed by atoms with Crippen molar-refractivity contribution in [3.63, 3.8) is 0 Å². The highest BCUT2D eigenvalue weighted by atomic mass is 15.5. The van der Waals surface area contributed by atoms with Crippen LogP contribution in [-0.4, -0.2) is 31.1 Å². The molecule has 6 heteroatoms. The highest BCUT2D eigenvalue weighted by molar-refractivity contribution is 5.82. The number of nitrogens with one attached hydrogen (secondary N) is 1. The van der Waals surface area contributed by atoms with Crippen molar-refractivity contribution in [2.24, 2.45) is 0 Å². The number of anilines is 1. The van der Waals surface area contributed by atoms with Gasteiger partial charge in [-0.1, -0.05) is 25.3 Å². The number of hydrogen-bond donors (Lipinski definition) is 1. The molecule has 0 aliphatic heterocycles. The van der Waals surface area contributed by atoms with Crippen molar-refractivity contribution in [3.05, 3.63) is 23.8 Å². The number of benzene rings is 1. The predicted octanol–water partition coefficient (Wildman–Crippen LogP) is 2.73. The van der Waals surface area contributed by atoms with E-state index in [1.54, 1.807) is 4.52 Å². The third-order valence-corrected chi connectivity index (χ3v) is 4.22. The molecule has 1 fully saturated rings. The van der Waals surface area contributed by atoms with Crippen molar-refractivity contribution in [2.75, 3.05) is 5.32 Å². The van der Waals surface area contributed by atoms with E-state index in [-0.39, 0.29) is 0 Å². The molecule has 4 rings (SSSR count). The van der Waals surface area contributed by atoms with Crippen LogP contribution in [0.3, 0.4) is 0 Å². The second-order valence-electron chi connectivity index (χ2n) is 5.85. The normalized spacial score (nSPS) is 16.6. The van der Waals surface area contributed by atoms with E-state index < -0.39 is 0 Å². The molecule has 0 bridgehead atoms. The van der Waals surface area contributed by atoms with Crippen LogP contribution in [0.4, 0.5) is 5.82 Å². The van der Waals surface area contributed by atoms with Gasteiger partial charge < -0.3 is 5.32 Å². The van der Waals surface area contributed by atoms with Gasteiger partial charge in [-0.25, -0.2) is 4.98 Å². The van der Waals surface area contributed by atoms with Crippen molar-refractivity contribution >= 4 is 22.5 Å². The molecule has 1 aliphatic carbocycles. The van der Waals surface area contributed by atoms with Crippen LogP contribution in [0.25, 0.3) is 16.7 Å². The molecule has 6 nitrogen and oxygen atoms in total. The highest BCUT2D eigenvalue weighted by Gasteiger charge is 2.17. The lowest BCUT2D eigenvalue weighted by atomic mass is 9.95. The van der Waals surface area contributed by atoms with Gasteiger partial charge in [-0.3, -0.25) is 0 Å². The van der Waals surface area contributed by atoms with E-state index in [0.717, 1.165) is 16.9 Å². The zero-order valence-electron chi connectivity index (χ0n) is 12.1. The van der Waals surface area contributed by atoms with Crippen LogP contribution in [0.2, 0.25) is 0 Å². The van der Waals surface area contributed by atoms with E-state index in [9.17, 15) is 0 Å². The molecule has 2 heterocycles. The molecule has 0 radical (unpaired) electrons. The van der Waals surface area contributed by atoms with Crippen LogP contribution in [0.1, 0.15) is 37.7 Å². The number of tetrazole rings is 1. The fourth-order valence-electron chi connectivity index (χ4n) is 3.10. The van der Waals surface area contributed by atoms with E-state index in [1.807, 2.05) is 6.07 Å². The molecule has 1 aliphatic rings. The summed E-state index contributed by atoms with van der Waals surface area (Å²) in [6, 6.07) is 6.64. The Labute approximate surface area is 122 Å². The Morgan fingerprint density at radius 1 is 1.19 bits per heavy atom. The minimum atomic E-state index is 0.481. The molecule has 0 unspecified atom stereocenters. The quantitative estimate of drug-likeness (QED) is 0.782. The smallest absolute Gasteiger partial charge is 0.222 e. The topological polar surface area (TPSA) is 68.0 Å². The minimum absolute atomic E-state index is 0.481. The average Bonchev–Trinajstić information content (AvgIpc) is 2.99. The maximum atomic E-state index is 4.74. The molecular weight excluding hydrogens is 264 g/mol. The van der Waals surface area contributed by atoms with Gasteiger partial charge in [0.2, 0.25) is 5.65 Å². The Morgan fingerprint density at radius 2 is 2.05 bits per heavy atom. The summed E-state index contributed by atoms with van der Waals surface area (Å²) in [7, 11) is 0. The summed E-state index contributed by atoms with van der Waals surface area (Å²) in [5.41, 5.74) is 3.75. The van der Waals surface area contributed by atoms with Crippen molar-refractivity contribution in [2.45, 2.75) is 45.1 Å². The second-order valence-corrected chi connectivity index (χ2v) is 5.85. The summed E-state index contributed by atoms with van der Waals surface area (Å²) in [4.78, 5) is 4.74. The Bertz CT molecular complexity index is 787. The van der Waals surface area contributed by atoms with Crippen LogP contribution in [0.5, 0.6) is 0 Å². The van der Waals surface area contributed by atoms with Gasteiger partial charge >= 0.3 is 0 Å². The Balaban J connectivity index is 1.83. The van der Waals surface area contributed by atoms with Crippen LogP contribution in [0.15, 0.2) is 18.2 Å². The molecule has 108 valence electrons. The maximum absolute atomic E-state index is 4.74. The lowest BCUT2D eigenvalue weighted by Gasteiger charge is -2.23. The number of hydrogen-bond acceptors (Lipinski definition) is 5. The van der Waals surface area contributed by atoms with Crippen LogP contribution in [-0.2, 0) is 0 Å². The third kappa shape index (κ3) is 2.20. The van der Waals surface area contributed by atoms with Gasteiger partial charge in [-0.15, -0.1) is 5.10 Å². The fraction of sp³-hybridized carbons (Fsp3) is 0.467. The standard InChI is InChI=1S/C15H18N6/c1-10-7-8-12-13(9-10)21-15(18-19-20-21)14(17-12)16-11-5-3-2-4-6-11/h7-9,11H,2-6H2,1H3,(H,16,17). The first-order valence-electron chi connectivity index (χ1n) is 7.56. The molecule has 0 atom stereocenters. The third-order valence-electron chi connectivity index (χ3n) is 4.22. The number of rotatable bonds is 2. The minimum Gasteiger partial charge on any atom is -0.364 e. The van der Waals surface area contributed by atoms with Crippen molar-refractivity contribution < 1.29 is 0 Å². The molecule has 21 heavy (non-hydrogen) atoms. The van der Waals surface area contributed by atoms with Crippen molar-refractivity contribution in [3.8, 4) is 0 Å². The number of aromatic nitrogens is 5. The summed E-state index contributed by atoms with van der Waals surface area (Å²) in [6.45, 7) is 2.06. The lowest BCUT2D eigenvalue weighted by molar-refractivity contribution is 0.462. The first-order valence-corrected chi connectivity index (χ1v) is 7.56. The van der Waals surface area contributed by atoms with E-state index in [1.165, 1.54) is 37.7 Å². The van der Waals surface area contributed by atoms with Gasteiger partial charge in [0.05, 0.1) is 11.0 Å². The second kappa shape index (κ2) is 4.95. The molecule has 1 aromatic carbocycles. The largest absolute Gasteiger partial charge is 0.364 e. The molecule has 0 amide bonds. The monoisotopic (exact) mass is 282 g/mol. The van der Waals surface area contributed by atoms with Crippen molar-refractivity contribution in [1.29, 1.82) is 0 Å². The summed E-state index contributed by atoms with van der Waals surface area (Å²) in [5.74, 6) is 0.795. The van der Waals surface area contributed by atoms with E-state index in [2.05, 4.69) is 39.9 Å². The first kappa shape index (κ1) is 12.5. The molecular formula is C15H18N6. The van der Waals surface area contributed by atoms with Gasteiger partial charge in [-0.05, 0) is 47.9 Å². The van der Waals surface area contributed by atoms with Crippen LogP contribution >= 0.6 is 0 Å². The fourth-order valence-corrected chi connectivity index (χ4v) is 3.10. The van der Waals surface area contributed by atoms with Crippen LogP contribution in [0, 0.1) is 6.92 Å². The molecule has 2 aromatic heterocycles. The first-order chi connectivity index (χ1) is 10.3. The summed E-state index contributed by atoms with van der Waals surface area (Å²) in [6.07, 6.45) is 6.30. The summed E-state index contributed by atoms with van der Waals surface area (Å²) < 4.78 is 1.78. The maximum Gasteiger partial charge on any atom is 0.222 e. The predicted molar refractivity (Wildman–Crippen MR) is 81.3 cm³/mol. The van der Waals surface area contributed by atoms with Gasteiger partial charge in [0.1, 0.15) is 0 Å². The van der Waals surface area contributed by atoms with E-state index in [4.69, 9.17) is 4.98 Å². The Morgan fingerprint density at radius 3 is 2.90 bits per heavy atom. The number of fused-ring (bicyclic) bond motifs is 3. The molecule has 3 aromatic rings. The van der Waals surface area contributed by atoms with Gasteiger partial charge in [-0.2, -0.15) is 4.52 Å². The van der Waals surface area contributed by atoms with Gasteiger partial charge in [0.15, 0.2) is 5.82 Å². The molecule has 0 saturated heterocycles.